The zero-order chi connectivity index (χ0) is 32.4. The Kier molecular flexibility index (Phi) is 12.1. The fourth-order valence-electron chi connectivity index (χ4n) is 5.10. The van der Waals surface area contributed by atoms with Gasteiger partial charge in [0.2, 0.25) is 0 Å². The van der Waals surface area contributed by atoms with Crippen LogP contribution < -0.4 is 5.73 Å². The Morgan fingerprint density at radius 2 is 1.56 bits per heavy atom. The molecule has 0 radical (unpaired) electrons. The van der Waals surface area contributed by atoms with Crippen molar-refractivity contribution in [1.82, 2.24) is 0 Å². The second-order valence-corrected chi connectivity index (χ2v) is 10.4. The Morgan fingerprint density at radius 3 is 2.09 bits per heavy atom. The fourth-order valence-corrected chi connectivity index (χ4v) is 5.10. The summed E-state index contributed by atoms with van der Waals surface area (Å²) in [5.41, 5.74) is 6.03. The molecule has 3 rings (SSSR count). The number of aliphatic hydroxyl groups is 10. The van der Waals surface area contributed by atoms with E-state index in [0.717, 1.165) is 6.92 Å². The van der Waals surface area contributed by atoms with Gasteiger partial charge in [0.25, 0.3) is 5.79 Å². The molecule has 0 saturated carbocycles. The SMILES string of the molecule is CC(=O)O[C@H]1C[C@](O[C@H]2[C@@H](O)[C@@H](CO)O[C@@H](O[C@H]3[C@H](O)[C@@H](O)[C@H](O)O[C@@H]3CO)[C@@H]2O)(C(=O)O)O[C@@H]([C@H](O)[C@H](O)CO)[C@@H]1N. The number of aliphatic hydroxyl groups excluding tert-OH is 10. The summed E-state index contributed by atoms with van der Waals surface area (Å²) in [5, 5.41) is 111. The normalized spacial score (nSPS) is 45.3. The van der Waals surface area contributed by atoms with Gasteiger partial charge in [-0.1, -0.05) is 0 Å². The standard InChI is InChI=1S/C23H39NO19/c1-6(28)38-8-2-23(22(36)37,42-18(11(8)24)12(30)7(29)3-25)43-19-13(31)9(4-26)40-21(16(19)34)41-17-10(5-27)39-20(35)15(33)14(17)32/h7-21,25-27,29-35H,2-5,24H2,1H3,(H,36,37)/t7-,8+,9-,10-,11-,12-,13+,14-,15-,16-,17-,18-,19+,20-,21+,23+/m1/s1. The molecule has 0 spiro atoms. The minimum absolute atomic E-state index is 0.864. The van der Waals surface area contributed by atoms with E-state index in [2.05, 4.69) is 0 Å². The van der Waals surface area contributed by atoms with E-state index in [0.29, 0.717) is 0 Å². The van der Waals surface area contributed by atoms with E-state index in [1.807, 2.05) is 0 Å². The monoisotopic (exact) mass is 633 g/mol. The third-order valence-electron chi connectivity index (χ3n) is 7.44. The molecular formula is C23H39NO19. The number of carboxylic acids is 1. The molecule has 13 N–H and O–H groups in total. The summed E-state index contributed by atoms with van der Waals surface area (Å²) in [5.74, 6) is -5.85. The van der Waals surface area contributed by atoms with Crippen LogP contribution in [0.1, 0.15) is 13.3 Å². The van der Waals surface area contributed by atoms with Crippen LogP contribution in [-0.2, 0) is 38.0 Å². The van der Waals surface area contributed by atoms with Crippen molar-refractivity contribution in [3.8, 4) is 0 Å². The summed E-state index contributed by atoms with van der Waals surface area (Å²) >= 11 is 0. The largest absolute Gasteiger partial charge is 0.477 e. The molecule has 43 heavy (non-hydrogen) atoms. The zero-order valence-corrected chi connectivity index (χ0v) is 22.8. The molecule has 16 atom stereocenters. The Morgan fingerprint density at radius 1 is 0.930 bits per heavy atom. The summed E-state index contributed by atoms with van der Waals surface area (Å²) in [6.07, 6.45) is -27.2. The molecule has 0 aromatic heterocycles. The second kappa shape index (κ2) is 14.6. The van der Waals surface area contributed by atoms with Crippen molar-refractivity contribution in [3.63, 3.8) is 0 Å². The predicted molar refractivity (Wildman–Crippen MR) is 130 cm³/mol. The van der Waals surface area contributed by atoms with E-state index in [1.165, 1.54) is 0 Å². The zero-order valence-electron chi connectivity index (χ0n) is 22.8. The Balaban J connectivity index is 1.96. The van der Waals surface area contributed by atoms with E-state index in [-0.39, 0.29) is 0 Å². The molecule has 0 aliphatic carbocycles. The molecular weight excluding hydrogens is 594 g/mol. The van der Waals surface area contributed by atoms with E-state index in [9.17, 15) is 65.8 Å². The van der Waals surface area contributed by atoms with Crippen LogP contribution in [0, 0.1) is 0 Å². The van der Waals surface area contributed by atoms with Crippen molar-refractivity contribution >= 4 is 11.9 Å². The molecule has 3 aliphatic heterocycles. The summed E-state index contributed by atoms with van der Waals surface area (Å²) < 4.78 is 32.0. The molecule has 250 valence electrons. The van der Waals surface area contributed by atoms with Crippen LogP contribution in [0.4, 0.5) is 0 Å². The molecule has 3 aliphatic rings. The molecule has 0 unspecified atom stereocenters. The van der Waals surface area contributed by atoms with Crippen molar-refractivity contribution in [3.05, 3.63) is 0 Å². The summed E-state index contributed by atoms with van der Waals surface area (Å²) in [6, 6.07) is -1.48. The number of carbonyl (C=O) groups excluding carboxylic acids is 1. The number of rotatable bonds is 11. The minimum Gasteiger partial charge on any atom is -0.477 e. The van der Waals surface area contributed by atoms with Crippen molar-refractivity contribution in [2.45, 2.75) is 111 Å². The average Bonchev–Trinajstić information content (AvgIpc) is 2.96. The highest BCUT2D eigenvalue weighted by Gasteiger charge is 2.60. The Bertz CT molecular complexity index is 942. The average molecular weight is 634 g/mol. The molecule has 3 saturated heterocycles. The first kappa shape index (κ1) is 35.8. The van der Waals surface area contributed by atoms with E-state index >= 15 is 0 Å². The minimum atomic E-state index is -2.98. The lowest BCUT2D eigenvalue weighted by Gasteiger charge is -2.50. The molecule has 3 fully saturated rings. The maximum Gasteiger partial charge on any atom is 0.364 e. The quantitative estimate of drug-likeness (QED) is 0.0939. The Labute approximate surface area is 243 Å². The van der Waals surface area contributed by atoms with Gasteiger partial charge < -0.3 is 90.3 Å². The van der Waals surface area contributed by atoms with Crippen LogP contribution in [0.2, 0.25) is 0 Å². The number of hydrogen-bond donors (Lipinski definition) is 12. The van der Waals surface area contributed by atoms with Crippen LogP contribution in [0.5, 0.6) is 0 Å². The van der Waals surface area contributed by atoms with Crippen molar-refractivity contribution < 1.29 is 94.2 Å². The number of aliphatic carboxylic acids is 1. The predicted octanol–water partition coefficient (Wildman–Crippen LogP) is -7.83. The van der Waals surface area contributed by atoms with Gasteiger partial charge in [-0.25, -0.2) is 4.79 Å². The van der Waals surface area contributed by atoms with Crippen LogP contribution in [0.15, 0.2) is 0 Å². The van der Waals surface area contributed by atoms with Crippen LogP contribution in [0.25, 0.3) is 0 Å². The fraction of sp³-hybridized carbons (Fsp3) is 0.913. The first-order valence-corrected chi connectivity index (χ1v) is 13.2. The van der Waals surface area contributed by atoms with Gasteiger partial charge >= 0.3 is 11.9 Å². The van der Waals surface area contributed by atoms with Gasteiger partial charge in [0.1, 0.15) is 73.2 Å². The lowest BCUT2D eigenvalue weighted by Crippen LogP contribution is -2.70. The van der Waals surface area contributed by atoms with E-state index in [1.54, 1.807) is 0 Å². The second-order valence-electron chi connectivity index (χ2n) is 10.4. The third-order valence-corrected chi connectivity index (χ3v) is 7.44. The van der Waals surface area contributed by atoms with Gasteiger partial charge in [-0.05, 0) is 0 Å². The maximum absolute atomic E-state index is 12.6. The van der Waals surface area contributed by atoms with Crippen LogP contribution in [-0.4, -0.2) is 186 Å². The van der Waals surface area contributed by atoms with Gasteiger partial charge in [0, 0.05) is 6.92 Å². The highest BCUT2D eigenvalue weighted by Crippen LogP contribution is 2.38. The highest BCUT2D eigenvalue weighted by molar-refractivity contribution is 5.76. The highest BCUT2D eigenvalue weighted by atomic mass is 16.8. The van der Waals surface area contributed by atoms with E-state index < -0.39 is 136 Å². The number of esters is 1. The molecule has 0 aromatic rings. The smallest absolute Gasteiger partial charge is 0.364 e. The first-order valence-electron chi connectivity index (χ1n) is 13.2. The lowest BCUT2D eigenvalue weighted by molar-refractivity contribution is -0.384. The Hall–Kier alpha value is -1.70. The maximum atomic E-state index is 12.6. The lowest BCUT2D eigenvalue weighted by atomic mass is 9.88. The number of carboxylic acid groups (broad SMARTS) is 1. The van der Waals surface area contributed by atoms with Gasteiger partial charge in [0.15, 0.2) is 12.6 Å². The van der Waals surface area contributed by atoms with Crippen LogP contribution >= 0.6 is 0 Å². The van der Waals surface area contributed by atoms with E-state index in [4.69, 9.17) is 34.2 Å². The van der Waals surface area contributed by atoms with Gasteiger partial charge in [-0.15, -0.1) is 0 Å². The summed E-state index contributed by atoms with van der Waals surface area (Å²) in [6.45, 7) is -1.87. The first-order chi connectivity index (χ1) is 20.1. The number of carbonyl (C=O) groups is 2. The molecule has 0 aromatic carbocycles. The van der Waals surface area contributed by atoms with Crippen molar-refractivity contribution in [2.24, 2.45) is 5.73 Å². The summed E-state index contributed by atoms with van der Waals surface area (Å²) in [7, 11) is 0. The van der Waals surface area contributed by atoms with Crippen LogP contribution in [0.3, 0.4) is 0 Å². The molecule has 20 nitrogen and oxygen atoms in total. The molecule has 20 heteroatoms. The molecule has 0 amide bonds. The van der Waals surface area contributed by atoms with Crippen molar-refractivity contribution in [2.75, 3.05) is 19.8 Å². The number of ether oxygens (including phenoxy) is 6. The van der Waals surface area contributed by atoms with Gasteiger partial charge in [-0.3, -0.25) is 4.79 Å². The number of nitrogens with two attached hydrogens (primary N) is 1. The molecule has 0 bridgehead atoms. The summed E-state index contributed by atoms with van der Waals surface area (Å²) in [4.78, 5) is 24.4. The third kappa shape index (κ3) is 7.41. The topological polar surface area (TPSA) is 338 Å². The van der Waals surface area contributed by atoms with Gasteiger partial charge in [-0.2, -0.15) is 0 Å². The molecule has 3 heterocycles. The van der Waals surface area contributed by atoms with Gasteiger partial charge in [0.05, 0.1) is 32.3 Å². The number of hydrogen-bond acceptors (Lipinski definition) is 19. The van der Waals surface area contributed by atoms with Crippen molar-refractivity contribution in [1.29, 1.82) is 0 Å².